The van der Waals surface area contributed by atoms with Crippen molar-refractivity contribution in [2.45, 2.75) is 45.6 Å². The van der Waals surface area contributed by atoms with Crippen LogP contribution in [0.15, 0.2) is 0 Å². The number of hydrogen-bond acceptors (Lipinski definition) is 5. The lowest BCUT2D eigenvalue weighted by Gasteiger charge is -2.21. The molecule has 1 unspecified atom stereocenters. The molecule has 0 aromatic carbocycles. The number of ether oxygens (including phenoxy) is 1. The van der Waals surface area contributed by atoms with E-state index in [9.17, 15) is 0 Å². The molecule has 0 saturated carbocycles. The first-order valence-corrected chi connectivity index (χ1v) is 5.97. The van der Waals surface area contributed by atoms with Crippen LogP contribution in [0.3, 0.4) is 0 Å². The van der Waals surface area contributed by atoms with Crippen LogP contribution in [0.1, 0.15) is 45.9 Å². The molecule has 1 aromatic heterocycles. The summed E-state index contributed by atoms with van der Waals surface area (Å²) in [7, 11) is 0. The minimum atomic E-state index is -0.288. The van der Waals surface area contributed by atoms with Crippen molar-refractivity contribution in [1.82, 2.24) is 9.36 Å². The SMILES string of the molecule is CCC(C)(N)COc1nc(C(C)C)ns1. The van der Waals surface area contributed by atoms with E-state index in [1.165, 1.54) is 11.5 Å². The molecule has 0 bridgehead atoms. The molecule has 0 aliphatic rings. The minimum Gasteiger partial charge on any atom is -0.467 e. The lowest BCUT2D eigenvalue weighted by molar-refractivity contribution is 0.224. The molecule has 0 aliphatic carbocycles. The summed E-state index contributed by atoms with van der Waals surface area (Å²) in [5.74, 6) is 1.18. The number of nitrogens with two attached hydrogens (primary N) is 1. The Hall–Kier alpha value is -0.680. The van der Waals surface area contributed by atoms with Crippen molar-refractivity contribution in [3.8, 4) is 5.19 Å². The predicted molar refractivity (Wildman–Crippen MR) is 62.4 cm³/mol. The van der Waals surface area contributed by atoms with Gasteiger partial charge in [-0.15, -0.1) is 0 Å². The molecule has 0 saturated heterocycles. The lowest BCUT2D eigenvalue weighted by Crippen LogP contribution is -2.41. The van der Waals surface area contributed by atoms with Crippen LogP contribution in [-0.4, -0.2) is 21.5 Å². The zero-order chi connectivity index (χ0) is 11.5. The molecule has 15 heavy (non-hydrogen) atoms. The largest absolute Gasteiger partial charge is 0.467 e. The van der Waals surface area contributed by atoms with Gasteiger partial charge in [0.05, 0.1) is 0 Å². The molecular weight excluding hydrogens is 210 g/mol. The first-order chi connectivity index (χ1) is 6.94. The smallest absolute Gasteiger partial charge is 0.293 e. The fourth-order valence-electron chi connectivity index (χ4n) is 0.842. The number of aromatic nitrogens is 2. The second-order valence-corrected chi connectivity index (χ2v) is 5.08. The molecule has 0 spiro atoms. The molecule has 86 valence electrons. The van der Waals surface area contributed by atoms with Crippen LogP contribution in [0.25, 0.3) is 0 Å². The van der Waals surface area contributed by atoms with Gasteiger partial charge in [-0.2, -0.15) is 9.36 Å². The zero-order valence-corrected chi connectivity index (χ0v) is 10.6. The third-order valence-corrected chi connectivity index (χ3v) is 2.92. The standard InChI is InChI=1S/C10H19N3OS/c1-5-10(4,11)6-14-9-12-8(7(2)3)13-15-9/h7H,5-6,11H2,1-4H3. The van der Waals surface area contributed by atoms with E-state index in [1.807, 2.05) is 13.8 Å². The second kappa shape index (κ2) is 4.90. The normalized spacial score (nSPS) is 15.3. The van der Waals surface area contributed by atoms with Gasteiger partial charge in [-0.1, -0.05) is 20.8 Å². The van der Waals surface area contributed by atoms with E-state index >= 15 is 0 Å². The molecule has 0 radical (unpaired) electrons. The van der Waals surface area contributed by atoms with E-state index < -0.39 is 0 Å². The summed E-state index contributed by atoms with van der Waals surface area (Å²) >= 11 is 1.29. The van der Waals surface area contributed by atoms with Crippen molar-refractivity contribution >= 4 is 11.5 Å². The van der Waals surface area contributed by atoms with Crippen molar-refractivity contribution in [3.63, 3.8) is 0 Å². The quantitative estimate of drug-likeness (QED) is 0.840. The maximum absolute atomic E-state index is 5.96. The van der Waals surface area contributed by atoms with E-state index in [1.54, 1.807) is 0 Å². The van der Waals surface area contributed by atoms with Gasteiger partial charge in [0.15, 0.2) is 0 Å². The summed E-state index contributed by atoms with van der Waals surface area (Å²) < 4.78 is 9.72. The molecule has 1 heterocycles. The van der Waals surface area contributed by atoms with Crippen molar-refractivity contribution in [1.29, 1.82) is 0 Å². The molecule has 0 amide bonds. The minimum absolute atomic E-state index is 0.288. The van der Waals surface area contributed by atoms with Gasteiger partial charge in [0, 0.05) is 23.0 Å². The fourth-order valence-corrected chi connectivity index (χ4v) is 1.51. The highest BCUT2D eigenvalue weighted by Gasteiger charge is 2.18. The van der Waals surface area contributed by atoms with Gasteiger partial charge in [-0.25, -0.2) is 0 Å². The summed E-state index contributed by atoms with van der Waals surface area (Å²) in [6.45, 7) is 8.62. The summed E-state index contributed by atoms with van der Waals surface area (Å²) in [5.41, 5.74) is 5.67. The molecule has 4 nitrogen and oxygen atoms in total. The molecule has 1 atom stereocenters. The Labute approximate surface area is 95.0 Å². The molecular formula is C10H19N3OS. The second-order valence-electron chi connectivity index (χ2n) is 4.37. The Morgan fingerprint density at radius 2 is 2.20 bits per heavy atom. The Morgan fingerprint density at radius 1 is 1.53 bits per heavy atom. The Balaban J connectivity index is 2.51. The molecule has 0 aliphatic heterocycles. The summed E-state index contributed by atoms with van der Waals surface area (Å²) in [6.07, 6.45) is 0.878. The van der Waals surface area contributed by atoms with Crippen LogP contribution in [0.4, 0.5) is 0 Å². The maximum atomic E-state index is 5.96. The van der Waals surface area contributed by atoms with E-state index in [4.69, 9.17) is 10.5 Å². The highest BCUT2D eigenvalue weighted by molar-refractivity contribution is 7.07. The van der Waals surface area contributed by atoms with Gasteiger partial charge < -0.3 is 10.5 Å². The number of hydrogen-bond donors (Lipinski definition) is 1. The van der Waals surface area contributed by atoms with Crippen LogP contribution >= 0.6 is 11.5 Å². The van der Waals surface area contributed by atoms with Gasteiger partial charge >= 0.3 is 0 Å². The van der Waals surface area contributed by atoms with Crippen LogP contribution in [0.2, 0.25) is 0 Å². The summed E-state index contributed by atoms with van der Waals surface area (Å²) in [5, 5.41) is 0.615. The Kier molecular flexibility index (Phi) is 4.04. The first kappa shape index (κ1) is 12.4. The zero-order valence-electron chi connectivity index (χ0n) is 9.78. The van der Waals surface area contributed by atoms with Crippen molar-refractivity contribution in [3.05, 3.63) is 5.82 Å². The van der Waals surface area contributed by atoms with Crippen molar-refractivity contribution in [2.24, 2.45) is 5.73 Å². The molecule has 2 N–H and O–H groups in total. The van der Waals surface area contributed by atoms with Crippen LogP contribution in [0.5, 0.6) is 5.19 Å². The Morgan fingerprint density at radius 3 is 2.67 bits per heavy atom. The lowest BCUT2D eigenvalue weighted by atomic mass is 10.0. The topological polar surface area (TPSA) is 61.0 Å². The summed E-state index contributed by atoms with van der Waals surface area (Å²) in [4.78, 5) is 4.28. The van der Waals surface area contributed by atoms with E-state index in [-0.39, 0.29) is 5.54 Å². The van der Waals surface area contributed by atoms with E-state index in [0.717, 1.165) is 12.2 Å². The van der Waals surface area contributed by atoms with E-state index in [0.29, 0.717) is 17.7 Å². The highest BCUT2D eigenvalue weighted by Crippen LogP contribution is 2.20. The molecule has 5 heteroatoms. The Bertz CT molecular complexity index is 309. The van der Waals surface area contributed by atoms with Gasteiger partial charge in [-0.05, 0) is 13.3 Å². The fraction of sp³-hybridized carbons (Fsp3) is 0.800. The predicted octanol–water partition coefficient (Wildman–Crippen LogP) is 2.17. The molecule has 0 fully saturated rings. The van der Waals surface area contributed by atoms with Crippen LogP contribution in [-0.2, 0) is 0 Å². The average Bonchev–Trinajstić information content (AvgIpc) is 2.63. The average molecular weight is 229 g/mol. The van der Waals surface area contributed by atoms with Gasteiger partial charge in [0.1, 0.15) is 12.4 Å². The highest BCUT2D eigenvalue weighted by atomic mass is 32.1. The number of nitrogens with zero attached hydrogens (tertiary/aromatic N) is 2. The van der Waals surface area contributed by atoms with E-state index in [2.05, 4.69) is 23.2 Å². The molecule has 1 rings (SSSR count). The van der Waals surface area contributed by atoms with Gasteiger partial charge in [-0.3, -0.25) is 0 Å². The molecule has 1 aromatic rings. The third-order valence-electron chi connectivity index (χ3n) is 2.27. The van der Waals surface area contributed by atoms with Gasteiger partial charge in [0.2, 0.25) is 0 Å². The first-order valence-electron chi connectivity index (χ1n) is 5.20. The maximum Gasteiger partial charge on any atom is 0.293 e. The van der Waals surface area contributed by atoms with Crippen LogP contribution in [0, 0.1) is 0 Å². The third kappa shape index (κ3) is 3.76. The van der Waals surface area contributed by atoms with Crippen LogP contribution < -0.4 is 10.5 Å². The number of rotatable bonds is 5. The van der Waals surface area contributed by atoms with Gasteiger partial charge in [0.25, 0.3) is 5.19 Å². The summed E-state index contributed by atoms with van der Waals surface area (Å²) in [6, 6.07) is 0. The van der Waals surface area contributed by atoms with Crippen molar-refractivity contribution < 1.29 is 4.74 Å². The van der Waals surface area contributed by atoms with Crippen molar-refractivity contribution in [2.75, 3.05) is 6.61 Å². The monoisotopic (exact) mass is 229 g/mol.